The van der Waals surface area contributed by atoms with Crippen molar-refractivity contribution >= 4 is 17.7 Å². The molecule has 0 heterocycles. The fraction of sp³-hybridized carbons (Fsp3) is 0.875. The van der Waals surface area contributed by atoms with Crippen molar-refractivity contribution in [2.24, 2.45) is 5.84 Å². The van der Waals surface area contributed by atoms with Gasteiger partial charge < -0.3 is 5.11 Å². The first-order valence-electron chi connectivity index (χ1n) is 4.37. The van der Waals surface area contributed by atoms with Gasteiger partial charge in [-0.2, -0.15) is 11.8 Å². The Morgan fingerprint density at radius 3 is 2.69 bits per heavy atom. The van der Waals surface area contributed by atoms with Crippen molar-refractivity contribution in [1.29, 1.82) is 0 Å². The number of nitrogens with one attached hydrogen (secondary N) is 1. The van der Waals surface area contributed by atoms with E-state index in [4.69, 9.17) is 10.9 Å². The molecule has 0 saturated heterocycles. The zero-order valence-corrected chi connectivity index (χ0v) is 8.93. The highest BCUT2D eigenvalue weighted by Gasteiger charge is 2.08. The second-order valence-corrected chi connectivity index (χ2v) is 4.47. The molecule has 5 heteroatoms. The lowest BCUT2D eigenvalue weighted by Crippen LogP contribution is -2.29. The van der Waals surface area contributed by atoms with E-state index in [0.717, 1.165) is 12.2 Å². The molecule has 0 aromatic rings. The molecule has 0 radical (unpaired) electrons. The predicted octanol–water partition coefficient (Wildman–Crippen LogP) is 0.259. The molecule has 2 atom stereocenters. The maximum absolute atomic E-state index is 10.7. The molecule has 0 spiro atoms. The minimum Gasteiger partial charge on any atom is -0.392 e. The van der Waals surface area contributed by atoms with Gasteiger partial charge in [-0.1, -0.05) is 6.92 Å². The normalized spacial score (nSPS) is 15.1. The molecule has 78 valence electrons. The molecule has 1 amide bonds. The zero-order valence-electron chi connectivity index (χ0n) is 8.12. The molecule has 0 fully saturated rings. The van der Waals surface area contributed by atoms with Gasteiger partial charge in [-0.05, 0) is 19.1 Å². The minimum absolute atomic E-state index is 0.134. The van der Waals surface area contributed by atoms with Crippen molar-refractivity contribution in [2.45, 2.75) is 38.0 Å². The summed E-state index contributed by atoms with van der Waals surface area (Å²) in [5, 5.41) is 9.38. The molecule has 0 aliphatic rings. The Hall–Kier alpha value is -0.260. The summed E-state index contributed by atoms with van der Waals surface area (Å²) in [4.78, 5) is 10.7. The number of hydrogen-bond donors (Lipinski definition) is 3. The number of nitrogens with two attached hydrogens (primary N) is 1. The third kappa shape index (κ3) is 6.86. The SMILES string of the molecule is CC(O)C(C)SCCCC(=O)NN. The van der Waals surface area contributed by atoms with E-state index in [2.05, 4.69) is 5.43 Å². The quantitative estimate of drug-likeness (QED) is 0.252. The lowest BCUT2D eigenvalue weighted by molar-refractivity contribution is -0.121. The zero-order chi connectivity index (χ0) is 10.3. The fourth-order valence-corrected chi connectivity index (χ4v) is 1.67. The topological polar surface area (TPSA) is 75.3 Å². The van der Waals surface area contributed by atoms with Crippen molar-refractivity contribution in [2.75, 3.05) is 5.75 Å². The van der Waals surface area contributed by atoms with Gasteiger partial charge in [0.2, 0.25) is 5.91 Å². The number of rotatable bonds is 6. The van der Waals surface area contributed by atoms with Gasteiger partial charge in [0.1, 0.15) is 0 Å². The summed E-state index contributed by atoms with van der Waals surface area (Å²) < 4.78 is 0. The number of aliphatic hydroxyl groups is 1. The summed E-state index contributed by atoms with van der Waals surface area (Å²) >= 11 is 1.67. The Labute approximate surface area is 83.2 Å². The number of thioether (sulfide) groups is 1. The lowest BCUT2D eigenvalue weighted by atomic mass is 10.3. The molecular weight excluding hydrogens is 188 g/mol. The third-order valence-electron chi connectivity index (χ3n) is 1.77. The van der Waals surface area contributed by atoms with E-state index < -0.39 is 0 Å². The summed E-state index contributed by atoms with van der Waals surface area (Å²) in [6.07, 6.45) is 0.953. The van der Waals surface area contributed by atoms with Crippen LogP contribution in [-0.2, 0) is 4.79 Å². The van der Waals surface area contributed by atoms with E-state index in [-0.39, 0.29) is 17.3 Å². The standard InChI is InChI=1S/C8H18N2O2S/c1-6(11)7(2)13-5-3-4-8(12)10-9/h6-7,11H,3-5,9H2,1-2H3,(H,10,12). The highest BCUT2D eigenvalue weighted by molar-refractivity contribution is 7.99. The van der Waals surface area contributed by atoms with Crippen LogP contribution in [0.1, 0.15) is 26.7 Å². The smallest absolute Gasteiger partial charge is 0.233 e. The Balaban J connectivity index is 3.30. The van der Waals surface area contributed by atoms with E-state index >= 15 is 0 Å². The number of carbonyl (C=O) groups excluding carboxylic acids is 1. The van der Waals surface area contributed by atoms with Crippen LogP contribution in [0.3, 0.4) is 0 Å². The van der Waals surface area contributed by atoms with Crippen LogP contribution in [-0.4, -0.2) is 28.1 Å². The average molecular weight is 206 g/mol. The lowest BCUT2D eigenvalue weighted by Gasteiger charge is -2.13. The van der Waals surface area contributed by atoms with Crippen LogP contribution in [0.5, 0.6) is 0 Å². The predicted molar refractivity (Wildman–Crippen MR) is 55.2 cm³/mol. The van der Waals surface area contributed by atoms with E-state index in [1.807, 2.05) is 6.92 Å². The van der Waals surface area contributed by atoms with Crippen molar-refractivity contribution in [1.82, 2.24) is 5.43 Å². The van der Waals surface area contributed by atoms with Crippen LogP contribution in [0, 0.1) is 0 Å². The molecule has 0 aliphatic carbocycles. The number of carbonyl (C=O) groups is 1. The first-order chi connectivity index (χ1) is 6.07. The number of hydrogen-bond acceptors (Lipinski definition) is 4. The summed E-state index contributed by atoms with van der Waals surface area (Å²) in [5.41, 5.74) is 2.08. The van der Waals surface area contributed by atoms with Crippen molar-refractivity contribution in [3.63, 3.8) is 0 Å². The second kappa shape index (κ2) is 7.17. The Bertz CT molecular complexity index is 153. The Morgan fingerprint density at radius 1 is 1.62 bits per heavy atom. The molecule has 0 aromatic heterocycles. The van der Waals surface area contributed by atoms with Crippen molar-refractivity contribution in [3.05, 3.63) is 0 Å². The van der Waals surface area contributed by atoms with Crippen molar-refractivity contribution < 1.29 is 9.90 Å². The number of aliphatic hydroxyl groups excluding tert-OH is 1. The maximum Gasteiger partial charge on any atom is 0.233 e. The maximum atomic E-state index is 10.7. The van der Waals surface area contributed by atoms with E-state index in [1.54, 1.807) is 18.7 Å². The molecule has 4 N–H and O–H groups in total. The molecule has 0 bridgehead atoms. The van der Waals surface area contributed by atoms with Crippen LogP contribution in [0.4, 0.5) is 0 Å². The average Bonchev–Trinajstić information content (AvgIpc) is 2.11. The fourth-order valence-electron chi connectivity index (χ4n) is 0.713. The second-order valence-electron chi connectivity index (χ2n) is 2.99. The summed E-state index contributed by atoms with van der Waals surface area (Å²) in [6, 6.07) is 0. The molecule has 0 rings (SSSR count). The first kappa shape index (κ1) is 12.7. The van der Waals surface area contributed by atoms with Crippen LogP contribution in [0.2, 0.25) is 0 Å². The molecule has 0 aliphatic heterocycles. The van der Waals surface area contributed by atoms with E-state index in [9.17, 15) is 4.79 Å². The van der Waals surface area contributed by atoms with Crippen LogP contribution < -0.4 is 11.3 Å². The van der Waals surface area contributed by atoms with E-state index in [1.165, 1.54) is 0 Å². The largest absolute Gasteiger partial charge is 0.392 e. The van der Waals surface area contributed by atoms with Crippen LogP contribution >= 0.6 is 11.8 Å². The monoisotopic (exact) mass is 206 g/mol. The molecular formula is C8H18N2O2S. The number of amides is 1. The van der Waals surface area contributed by atoms with Gasteiger partial charge in [0.25, 0.3) is 0 Å². The molecule has 2 unspecified atom stereocenters. The van der Waals surface area contributed by atoms with Gasteiger partial charge in [0.05, 0.1) is 6.10 Å². The van der Waals surface area contributed by atoms with E-state index in [0.29, 0.717) is 6.42 Å². The van der Waals surface area contributed by atoms with Gasteiger partial charge in [-0.15, -0.1) is 0 Å². The van der Waals surface area contributed by atoms with Crippen molar-refractivity contribution in [3.8, 4) is 0 Å². The molecule has 13 heavy (non-hydrogen) atoms. The third-order valence-corrected chi connectivity index (χ3v) is 3.21. The molecule has 0 saturated carbocycles. The number of hydrazine groups is 1. The van der Waals surface area contributed by atoms with Gasteiger partial charge in [-0.25, -0.2) is 5.84 Å². The van der Waals surface area contributed by atoms with Gasteiger partial charge in [-0.3, -0.25) is 10.2 Å². The van der Waals surface area contributed by atoms with Gasteiger partial charge in [0.15, 0.2) is 0 Å². The molecule has 0 aromatic carbocycles. The Kier molecular flexibility index (Phi) is 7.03. The summed E-state index contributed by atoms with van der Waals surface area (Å²) in [5.74, 6) is 5.66. The molecule has 4 nitrogen and oxygen atoms in total. The highest BCUT2D eigenvalue weighted by Crippen LogP contribution is 2.15. The van der Waals surface area contributed by atoms with Crippen LogP contribution in [0.25, 0.3) is 0 Å². The van der Waals surface area contributed by atoms with Crippen LogP contribution in [0.15, 0.2) is 0 Å². The summed E-state index contributed by atoms with van der Waals surface area (Å²) in [6.45, 7) is 3.74. The highest BCUT2D eigenvalue weighted by atomic mass is 32.2. The van der Waals surface area contributed by atoms with Gasteiger partial charge >= 0.3 is 0 Å². The minimum atomic E-state index is -0.298. The Morgan fingerprint density at radius 2 is 2.23 bits per heavy atom. The van der Waals surface area contributed by atoms with Gasteiger partial charge in [0, 0.05) is 11.7 Å². The summed E-state index contributed by atoms with van der Waals surface area (Å²) in [7, 11) is 0. The first-order valence-corrected chi connectivity index (χ1v) is 5.42.